The summed E-state index contributed by atoms with van der Waals surface area (Å²) in [5.41, 5.74) is 2.81. The molecule has 1 aliphatic heterocycles. The van der Waals surface area contributed by atoms with E-state index < -0.39 is 42.9 Å². The van der Waals surface area contributed by atoms with Crippen molar-refractivity contribution in [1.82, 2.24) is 0 Å². The molecule has 6 nitrogen and oxygen atoms in total. The highest BCUT2D eigenvalue weighted by molar-refractivity contribution is 5.26. The number of fused-ring (bicyclic) bond motifs is 1. The number of hydrogen-bond acceptors (Lipinski definition) is 6. The molecule has 0 aromatic carbocycles. The quantitative estimate of drug-likeness (QED) is 0.553. The maximum atomic E-state index is 10.3. The van der Waals surface area contributed by atoms with Crippen molar-refractivity contribution in [3.63, 3.8) is 0 Å². The van der Waals surface area contributed by atoms with E-state index in [-0.39, 0.29) is 5.92 Å². The van der Waals surface area contributed by atoms with Gasteiger partial charge in [0.1, 0.15) is 24.4 Å². The topological polar surface area (TPSA) is 99.4 Å². The number of aliphatic hydroxyl groups excluding tert-OH is 4. The van der Waals surface area contributed by atoms with Crippen LogP contribution in [-0.4, -0.2) is 63.3 Å². The van der Waals surface area contributed by atoms with E-state index >= 15 is 0 Å². The fourth-order valence-corrected chi connectivity index (χ4v) is 5.25. The van der Waals surface area contributed by atoms with E-state index in [1.807, 2.05) is 13.8 Å². The highest BCUT2D eigenvalue weighted by atomic mass is 16.7. The van der Waals surface area contributed by atoms with Gasteiger partial charge in [-0.15, -0.1) is 0 Å². The Morgan fingerprint density at radius 2 is 1.85 bits per heavy atom. The minimum Gasteiger partial charge on any atom is -0.394 e. The fourth-order valence-electron chi connectivity index (χ4n) is 5.25. The van der Waals surface area contributed by atoms with Gasteiger partial charge < -0.3 is 29.9 Å². The summed E-state index contributed by atoms with van der Waals surface area (Å²) in [6, 6.07) is 0. The maximum Gasteiger partial charge on any atom is 0.187 e. The van der Waals surface area contributed by atoms with Crippen molar-refractivity contribution in [3.05, 3.63) is 11.1 Å². The van der Waals surface area contributed by atoms with Crippen molar-refractivity contribution in [1.29, 1.82) is 0 Å². The summed E-state index contributed by atoms with van der Waals surface area (Å²) in [7, 11) is 0. The highest BCUT2D eigenvalue weighted by Gasteiger charge is 2.48. The molecular formula is C21H36O6. The van der Waals surface area contributed by atoms with Gasteiger partial charge >= 0.3 is 0 Å². The molecule has 1 saturated carbocycles. The molecule has 3 rings (SSSR count). The Bertz CT molecular complexity index is 571. The number of hydrogen-bond donors (Lipinski definition) is 4. The van der Waals surface area contributed by atoms with Gasteiger partial charge in [0, 0.05) is 0 Å². The predicted molar refractivity (Wildman–Crippen MR) is 101 cm³/mol. The second kappa shape index (κ2) is 7.73. The van der Waals surface area contributed by atoms with Gasteiger partial charge in [-0.2, -0.15) is 0 Å². The van der Waals surface area contributed by atoms with E-state index in [9.17, 15) is 20.4 Å². The molecule has 1 saturated heterocycles. The lowest BCUT2D eigenvalue weighted by Crippen LogP contribution is -2.61. The summed E-state index contributed by atoms with van der Waals surface area (Å²) in [6.07, 6.45) is 0.691. The second-order valence-corrected chi connectivity index (χ2v) is 9.53. The molecule has 2 aliphatic carbocycles. The van der Waals surface area contributed by atoms with Crippen LogP contribution >= 0.6 is 0 Å². The van der Waals surface area contributed by atoms with Gasteiger partial charge in [0.2, 0.25) is 0 Å². The lowest BCUT2D eigenvalue weighted by atomic mass is 9.59. The first-order valence-electron chi connectivity index (χ1n) is 10.3. The number of ether oxygens (including phenoxy) is 2. The molecule has 0 aromatic heterocycles. The van der Waals surface area contributed by atoms with Crippen molar-refractivity contribution >= 4 is 0 Å². The maximum absolute atomic E-state index is 10.3. The molecule has 7 atom stereocenters. The average Bonchev–Trinajstić information content (AvgIpc) is 2.61. The fraction of sp³-hybridized carbons (Fsp3) is 0.905. The van der Waals surface area contributed by atoms with Crippen LogP contribution in [0, 0.1) is 11.3 Å². The number of aliphatic hydroxyl groups is 4. The smallest absolute Gasteiger partial charge is 0.187 e. The van der Waals surface area contributed by atoms with E-state index in [1.165, 1.54) is 24.8 Å². The van der Waals surface area contributed by atoms with Crippen LogP contribution in [0.2, 0.25) is 0 Å². The Balaban J connectivity index is 1.73. The lowest BCUT2D eigenvalue weighted by Gasteiger charge is -2.49. The SMILES string of the molecule is CC1=C2C[C@H](C(C)(C)O[C@@H]3O[C@H](CO)[C@@H](O)[C@H](O)[C@H]3O)CC[C@@]2(C)CCC1. The molecule has 6 heteroatoms. The Hall–Kier alpha value is -0.500. The minimum atomic E-state index is -1.41. The Labute approximate surface area is 162 Å². The first-order valence-corrected chi connectivity index (χ1v) is 10.3. The van der Waals surface area contributed by atoms with Gasteiger partial charge in [0.25, 0.3) is 0 Å². The van der Waals surface area contributed by atoms with Crippen LogP contribution in [0.3, 0.4) is 0 Å². The van der Waals surface area contributed by atoms with E-state index in [2.05, 4.69) is 13.8 Å². The van der Waals surface area contributed by atoms with E-state index in [4.69, 9.17) is 9.47 Å². The molecule has 0 amide bonds. The van der Waals surface area contributed by atoms with Crippen LogP contribution in [0.4, 0.5) is 0 Å². The largest absolute Gasteiger partial charge is 0.394 e. The summed E-state index contributed by atoms with van der Waals surface area (Å²) in [5, 5.41) is 39.7. The molecule has 0 radical (unpaired) electrons. The van der Waals surface area contributed by atoms with Crippen molar-refractivity contribution in [3.8, 4) is 0 Å². The van der Waals surface area contributed by atoms with Crippen molar-refractivity contribution in [2.45, 2.75) is 103 Å². The van der Waals surface area contributed by atoms with E-state index in [0.29, 0.717) is 5.41 Å². The first kappa shape index (κ1) is 21.2. The van der Waals surface area contributed by atoms with Crippen LogP contribution in [0.1, 0.15) is 66.2 Å². The van der Waals surface area contributed by atoms with Gasteiger partial charge in [0.05, 0.1) is 12.2 Å². The predicted octanol–water partition coefficient (Wildman–Crippen LogP) is 1.89. The molecule has 0 bridgehead atoms. The molecule has 0 spiro atoms. The summed E-state index contributed by atoms with van der Waals surface area (Å²) in [5.74, 6) is 0.279. The second-order valence-electron chi connectivity index (χ2n) is 9.53. The monoisotopic (exact) mass is 384 g/mol. The van der Waals surface area contributed by atoms with Crippen molar-refractivity contribution in [2.24, 2.45) is 11.3 Å². The summed E-state index contributed by atoms with van der Waals surface area (Å²) in [6.45, 7) is 8.19. The Morgan fingerprint density at radius 1 is 1.15 bits per heavy atom. The highest BCUT2D eigenvalue weighted by Crippen LogP contribution is 2.53. The van der Waals surface area contributed by atoms with Crippen molar-refractivity contribution < 1.29 is 29.9 Å². The third kappa shape index (κ3) is 3.98. The summed E-state index contributed by atoms with van der Waals surface area (Å²) >= 11 is 0. The lowest BCUT2D eigenvalue weighted by molar-refractivity contribution is -0.329. The zero-order valence-corrected chi connectivity index (χ0v) is 17.0. The van der Waals surface area contributed by atoms with Gasteiger partial charge in [-0.3, -0.25) is 0 Å². The molecule has 1 heterocycles. The van der Waals surface area contributed by atoms with Crippen molar-refractivity contribution in [2.75, 3.05) is 6.61 Å². The Kier molecular flexibility index (Phi) is 6.07. The molecule has 0 aromatic rings. The summed E-state index contributed by atoms with van der Waals surface area (Å²) < 4.78 is 11.7. The van der Waals surface area contributed by atoms with Crippen LogP contribution in [-0.2, 0) is 9.47 Å². The molecule has 2 fully saturated rings. The van der Waals surface area contributed by atoms with Gasteiger partial charge in [-0.05, 0) is 70.6 Å². The normalized spacial score (nSPS) is 43.6. The molecule has 3 aliphatic rings. The molecule has 0 unspecified atom stereocenters. The van der Waals surface area contributed by atoms with Crippen LogP contribution < -0.4 is 0 Å². The zero-order valence-electron chi connectivity index (χ0n) is 17.0. The number of rotatable bonds is 4. The first-order chi connectivity index (χ1) is 12.6. The molecular weight excluding hydrogens is 348 g/mol. The van der Waals surface area contributed by atoms with E-state index in [1.54, 1.807) is 5.57 Å². The standard InChI is InChI=1S/C21H36O6/c1-12-6-5-8-21(4)9-7-13(10-14(12)21)20(2,3)27-19-18(25)17(24)16(23)15(11-22)26-19/h13,15-19,22-25H,5-11H2,1-4H3/t13-,15-,16-,17+,18-,19+,21-/m1/s1. The van der Waals surface area contributed by atoms with Crippen LogP contribution in [0.5, 0.6) is 0 Å². The third-order valence-electron chi connectivity index (χ3n) is 7.27. The van der Waals surface area contributed by atoms with Gasteiger partial charge in [-0.25, -0.2) is 0 Å². The summed E-state index contributed by atoms with van der Waals surface area (Å²) in [4.78, 5) is 0. The van der Waals surface area contributed by atoms with Gasteiger partial charge in [0.15, 0.2) is 6.29 Å². The van der Waals surface area contributed by atoms with Crippen LogP contribution in [0.15, 0.2) is 11.1 Å². The molecule has 4 N–H and O–H groups in total. The van der Waals surface area contributed by atoms with E-state index in [0.717, 1.165) is 19.3 Å². The minimum absolute atomic E-state index is 0.279. The third-order valence-corrected chi connectivity index (χ3v) is 7.27. The Morgan fingerprint density at radius 3 is 2.52 bits per heavy atom. The molecule has 27 heavy (non-hydrogen) atoms. The van der Waals surface area contributed by atoms with Gasteiger partial charge in [-0.1, -0.05) is 18.1 Å². The average molecular weight is 385 g/mol. The zero-order chi connectivity index (χ0) is 20.0. The number of allylic oxidation sites excluding steroid dienone is 2. The molecule has 156 valence electrons. The van der Waals surface area contributed by atoms with Crippen LogP contribution in [0.25, 0.3) is 0 Å².